The minimum atomic E-state index is -0.371. The van der Waals surface area contributed by atoms with Crippen LogP contribution in [0.3, 0.4) is 0 Å². The molecular formula is C18H20FN3O2. The molecule has 0 atom stereocenters. The summed E-state index contributed by atoms with van der Waals surface area (Å²) in [5.74, 6) is -0.652. The lowest BCUT2D eigenvalue weighted by Crippen LogP contribution is -2.36. The molecule has 0 bridgehead atoms. The van der Waals surface area contributed by atoms with Gasteiger partial charge in [0.2, 0.25) is 0 Å². The fraction of sp³-hybridized carbons (Fsp3) is 0.278. The molecule has 3 N–H and O–H groups in total. The minimum Gasteiger partial charge on any atom is -0.397 e. The smallest absolute Gasteiger partial charge is 0.255 e. The fourth-order valence-electron chi connectivity index (χ4n) is 2.73. The Labute approximate surface area is 140 Å². The molecule has 3 rings (SSSR count). The van der Waals surface area contributed by atoms with E-state index >= 15 is 0 Å². The minimum absolute atomic E-state index is 0.282. The lowest BCUT2D eigenvalue weighted by atomic mass is 10.1. The molecule has 5 nitrogen and oxygen atoms in total. The molecule has 126 valence electrons. The number of morpholine rings is 1. The maximum Gasteiger partial charge on any atom is 0.255 e. The maximum atomic E-state index is 13.0. The zero-order chi connectivity index (χ0) is 17.1. The van der Waals surface area contributed by atoms with E-state index in [0.717, 1.165) is 24.3 Å². The first kappa shape index (κ1) is 16.3. The van der Waals surface area contributed by atoms with Gasteiger partial charge in [-0.25, -0.2) is 4.39 Å². The van der Waals surface area contributed by atoms with E-state index in [2.05, 4.69) is 10.2 Å². The number of rotatable bonds is 3. The van der Waals surface area contributed by atoms with Gasteiger partial charge in [0.1, 0.15) is 5.82 Å². The summed E-state index contributed by atoms with van der Waals surface area (Å²) >= 11 is 0. The lowest BCUT2D eigenvalue weighted by Gasteiger charge is -2.30. The van der Waals surface area contributed by atoms with Crippen LogP contribution < -0.4 is 16.0 Å². The molecule has 0 spiro atoms. The molecule has 0 radical (unpaired) electrons. The number of hydrogen-bond acceptors (Lipinski definition) is 4. The van der Waals surface area contributed by atoms with Gasteiger partial charge in [-0.15, -0.1) is 0 Å². The van der Waals surface area contributed by atoms with Crippen molar-refractivity contribution in [2.24, 2.45) is 0 Å². The molecule has 1 aliphatic rings. The normalized spacial score (nSPS) is 14.5. The van der Waals surface area contributed by atoms with Crippen LogP contribution in [0.25, 0.3) is 0 Å². The van der Waals surface area contributed by atoms with Gasteiger partial charge < -0.3 is 20.7 Å². The van der Waals surface area contributed by atoms with Crippen LogP contribution in [0.4, 0.5) is 21.5 Å². The van der Waals surface area contributed by atoms with Gasteiger partial charge in [0.05, 0.1) is 24.6 Å². The van der Waals surface area contributed by atoms with Crippen LogP contribution >= 0.6 is 0 Å². The van der Waals surface area contributed by atoms with Crippen molar-refractivity contribution < 1.29 is 13.9 Å². The summed E-state index contributed by atoms with van der Waals surface area (Å²) in [7, 11) is 0. The summed E-state index contributed by atoms with van der Waals surface area (Å²) < 4.78 is 18.3. The van der Waals surface area contributed by atoms with Crippen molar-refractivity contribution in [2.45, 2.75) is 6.92 Å². The molecule has 1 amide bonds. The number of benzene rings is 2. The number of nitrogens with two attached hydrogens (primary N) is 1. The van der Waals surface area contributed by atoms with Crippen molar-refractivity contribution in [1.82, 2.24) is 0 Å². The highest BCUT2D eigenvalue weighted by Crippen LogP contribution is 2.31. The van der Waals surface area contributed by atoms with Crippen LogP contribution in [0.15, 0.2) is 36.4 Å². The Bertz CT molecular complexity index is 741. The van der Waals surface area contributed by atoms with Gasteiger partial charge >= 0.3 is 0 Å². The van der Waals surface area contributed by atoms with Crippen LogP contribution in [0, 0.1) is 12.7 Å². The molecule has 0 unspecified atom stereocenters. The summed E-state index contributed by atoms with van der Waals surface area (Å²) in [5.41, 5.74) is 9.68. The summed E-state index contributed by atoms with van der Waals surface area (Å²) in [6, 6.07) is 9.19. The second-order valence-electron chi connectivity index (χ2n) is 5.79. The fourth-order valence-corrected chi connectivity index (χ4v) is 2.73. The van der Waals surface area contributed by atoms with Crippen molar-refractivity contribution in [3.05, 3.63) is 53.3 Å². The third kappa shape index (κ3) is 3.49. The van der Waals surface area contributed by atoms with E-state index in [4.69, 9.17) is 10.5 Å². The van der Waals surface area contributed by atoms with E-state index in [0.29, 0.717) is 30.2 Å². The van der Waals surface area contributed by atoms with E-state index in [-0.39, 0.29) is 11.7 Å². The third-order valence-electron chi connectivity index (χ3n) is 4.08. The number of nitrogens with one attached hydrogen (secondary N) is 1. The van der Waals surface area contributed by atoms with Crippen LogP contribution in [-0.4, -0.2) is 32.2 Å². The molecule has 2 aromatic rings. The van der Waals surface area contributed by atoms with Gasteiger partial charge in [-0.2, -0.15) is 0 Å². The average molecular weight is 329 g/mol. The molecule has 1 saturated heterocycles. The third-order valence-corrected chi connectivity index (χ3v) is 4.08. The molecule has 1 aliphatic heterocycles. The Morgan fingerprint density at radius 2 is 1.88 bits per heavy atom. The molecule has 0 aliphatic carbocycles. The van der Waals surface area contributed by atoms with Gasteiger partial charge in [0, 0.05) is 24.3 Å². The maximum absolute atomic E-state index is 13.0. The summed E-state index contributed by atoms with van der Waals surface area (Å²) in [6.45, 7) is 4.73. The average Bonchev–Trinajstić information content (AvgIpc) is 2.58. The summed E-state index contributed by atoms with van der Waals surface area (Å²) in [4.78, 5) is 14.5. The van der Waals surface area contributed by atoms with Gasteiger partial charge in [-0.1, -0.05) is 0 Å². The number of carbonyl (C=O) groups excluding carboxylic acids is 1. The van der Waals surface area contributed by atoms with Gasteiger partial charge in [0.15, 0.2) is 0 Å². The molecule has 0 aromatic heterocycles. The van der Waals surface area contributed by atoms with Crippen molar-refractivity contribution in [3.63, 3.8) is 0 Å². The highest BCUT2D eigenvalue weighted by atomic mass is 19.1. The Kier molecular flexibility index (Phi) is 4.66. The number of amides is 1. The number of carbonyl (C=O) groups is 1. The Morgan fingerprint density at radius 3 is 2.54 bits per heavy atom. The van der Waals surface area contributed by atoms with Gasteiger partial charge in [-0.05, 0) is 48.9 Å². The van der Waals surface area contributed by atoms with Crippen LogP contribution in [-0.2, 0) is 4.74 Å². The largest absolute Gasteiger partial charge is 0.397 e. The van der Waals surface area contributed by atoms with Crippen LogP contribution in [0.2, 0.25) is 0 Å². The topological polar surface area (TPSA) is 67.6 Å². The lowest BCUT2D eigenvalue weighted by molar-refractivity contribution is 0.102. The van der Waals surface area contributed by atoms with Gasteiger partial charge in [-0.3, -0.25) is 4.79 Å². The number of nitrogens with zero attached hydrogens (tertiary/aromatic N) is 1. The van der Waals surface area contributed by atoms with E-state index in [1.807, 2.05) is 19.1 Å². The SMILES string of the molecule is Cc1cc(N)c(N2CCOCC2)cc1NC(=O)c1ccc(F)cc1. The number of hydrogen-bond donors (Lipinski definition) is 2. The first-order chi connectivity index (χ1) is 11.5. The predicted octanol–water partition coefficient (Wildman–Crippen LogP) is 2.81. The Hall–Kier alpha value is -2.60. The monoisotopic (exact) mass is 329 g/mol. The molecular weight excluding hydrogens is 309 g/mol. The van der Waals surface area contributed by atoms with E-state index in [9.17, 15) is 9.18 Å². The second-order valence-corrected chi connectivity index (χ2v) is 5.79. The molecule has 24 heavy (non-hydrogen) atoms. The van der Waals surface area contributed by atoms with E-state index in [1.165, 1.54) is 24.3 Å². The Balaban J connectivity index is 1.84. The Morgan fingerprint density at radius 1 is 1.21 bits per heavy atom. The first-order valence-electron chi connectivity index (χ1n) is 7.84. The van der Waals surface area contributed by atoms with Crippen LogP contribution in [0.1, 0.15) is 15.9 Å². The van der Waals surface area contributed by atoms with Gasteiger partial charge in [0.25, 0.3) is 5.91 Å². The zero-order valence-corrected chi connectivity index (χ0v) is 13.5. The predicted molar refractivity (Wildman–Crippen MR) is 93.0 cm³/mol. The molecule has 6 heteroatoms. The number of aryl methyl sites for hydroxylation is 1. The highest BCUT2D eigenvalue weighted by molar-refractivity contribution is 6.05. The first-order valence-corrected chi connectivity index (χ1v) is 7.84. The second kappa shape index (κ2) is 6.88. The molecule has 1 heterocycles. The number of halogens is 1. The standard InChI is InChI=1S/C18H20FN3O2/c1-12-10-15(20)17(22-6-8-24-9-7-22)11-16(12)21-18(23)13-2-4-14(19)5-3-13/h2-5,10-11H,6-9,20H2,1H3,(H,21,23). The zero-order valence-electron chi connectivity index (χ0n) is 13.5. The van der Waals surface area contributed by atoms with Crippen LogP contribution in [0.5, 0.6) is 0 Å². The van der Waals surface area contributed by atoms with Crippen molar-refractivity contribution in [1.29, 1.82) is 0 Å². The van der Waals surface area contributed by atoms with E-state index in [1.54, 1.807) is 0 Å². The summed E-state index contributed by atoms with van der Waals surface area (Å²) in [6.07, 6.45) is 0. The number of anilines is 3. The molecule has 1 fully saturated rings. The molecule has 2 aromatic carbocycles. The number of nitrogen functional groups attached to an aromatic ring is 1. The summed E-state index contributed by atoms with van der Waals surface area (Å²) in [5, 5.41) is 2.88. The van der Waals surface area contributed by atoms with Crippen molar-refractivity contribution >= 4 is 23.0 Å². The van der Waals surface area contributed by atoms with Crippen molar-refractivity contribution in [3.8, 4) is 0 Å². The highest BCUT2D eigenvalue weighted by Gasteiger charge is 2.16. The van der Waals surface area contributed by atoms with E-state index < -0.39 is 0 Å². The quantitative estimate of drug-likeness (QED) is 0.850. The number of ether oxygens (including phenoxy) is 1. The van der Waals surface area contributed by atoms with Crippen molar-refractivity contribution in [2.75, 3.05) is 42.3 Å². The molecule has 0 saturated carbocycles.